The number of carbonyl (C=O) groups excluding carboxylic acids is 1. The van der Waals surface area contributed by atoms with Gasteiger partial charge in [-0.1, -0.05) is 0 Å². The summed E-state index contributed by atoms with van der Waals surface area (Å²) < 4.78 is 13.2. The fourth-order valence-corrected chi connectivity index (χ4v) is 1.10. The fourth-order valence-electron chi connectivity index (χ4n) is 1.10. The summed E-state index contributed by atoms with van der Waals surface area (Å²) in [5.74, 6) is -0.858. The number of nitrogens with one attached hydrogen (secondary N) is 2. The Bertz CT molecular complexity index is 399. The third-order valence-corrected chi connectivity index (χ3v) is 1.69. The molecule has 16 heavy (non-hydrogen) atoms. The average Bonchev–Trinajstić information content (AvgIpc) is 2.06. The van der Waals surface area contributed by atoms with E-state index in [1.54, 1.807) is 0 Å². The lowest BCUT2D eigenvalue weighted by Crippen LogP contribution is -2.43. The molecule has 5 heteroatoms. The van der Waals surface area contributed by atoms with E-state index in [-0.39, 0.29) is 11.4 Å². The molecule has 0 fully saturated rings. The van der Waals surface area contributed by atoms with E-state index in [2.05, 4.69) is 10.6 Å². The number of phenolic OH excluding ortho intramolecular Hbond substituents is 1. The summed E-state index contributed by atoms with van der Waals surface area (Å²) in [5, 5.41) is 14.0. The van der Waals surface area contributed by atoms with Crippen LogP contribution in [0.15, 0.2) is 18.2 Å². The SMILES string of the molecule is CC(C)(C)NC(=O)Nc1ccc(O)cc1F. The van der Waals surface area contributed by atoms with Crippen LogP contribution in [-0.4, -0.2) is 16.7 Å². The lowest BCUT2D eigenvalue weighted by molar-refractivity contribution is 0.243. The number of carbonyl (C=O) groups is 1. The molecule has 0 aliphatic heterocycles. The van der Waals surface area contributed by atoms with Crippen LogP contribution < -0.4 is 10.6 Å². The Morgan fingerprint density at radius 2 is 2.00 bits per heavy atom. The second-order valence-electron chi connectivity index (χ2n) is 4.49. The lowest BCUT2D eigenvalue weighted by Gasteiger charge is -2.20. The van der Waals surface area contributed by atoms with E-state index in [0.29, 0.717) is 0 Å². The van der Waals surface area contributed by atoms with Crippen LogP contribution in [0.4, 0.5) is 14.9 Å². The molecule has 0 heterocycles. The number of phenols is 1. The zero-order valence-corrected chi connectivity index (χ0v) is 9.47. The van der Waals surface area contributed by atoms with E-state index in [0.717, 1.165) is 6.07 Å². The van der Waals surface area contributed by atoms with E-state index in [1.165, 1.54) is 12.1 Å². The minimum absolute atomic E-state index is 0.0274. The lowest BCUT2D eigenvalue weighted by atomic mass is 10.1. The van der Waals surface area contributed by atoms with Crippen molar-refractivity contribution >= 4 is 11.7 Å². The average molecular weight is 226 g/mol. The van der Waals surface area contributed by atoms with Crippen molar-refractivity contribution in [2.24, 2.45) is 0 Å². The number of rotatable bonds is 1. The van der Waals surface area contributed by atoms with Crippen molar-refractivity contribution in [2.75, 3.05) is 5.32 Å². The molecule has 0 aromatic heterocycles. The molecule has 0 radical (unpaired) electrons. The van der Waals surface area contributed by atoms with Gasteiger partial charge in [0, 0.05) is 11.6 Å². The van der Waals surface area contributed by atoms with Crippen molar-refractivity contribution in [2.45, 2.75) is 26.3 Å². The Labute approximate surface area is 93.5 Å². The summed E-state index contributed by atoms with van der Waals surface area (Å²) in [5.41, 5.74) is -0.364. The largest absolute Gasteiger partial charge is 0.508 e. The standard InChI is InChI=1S/C11H15FN2O2/c1-11(2,3)14-10(16)13-9-5-4-7(15)6-8(9)12/h4-6,15H,1-3H3,(H2,13,14,16). The molecule has 0 spiro atoms. The van der Waals surface area contributed by atoms with Crippen LogP contribution in [-0.2, 0) is 0 Å². The number of aromatic hydroxyl groups is 1. The maximum atomic E-state index is 13.2. The molecule has 0 aliphatic carbocycles. The van der Waals surface area contributed by atoms with Gasteiger partial charge in [0.2, 0.25) is 0 Å². The molecule has 0 bridgehead atoms. The molecule has 0 aliphatic rings. The van der Waals surface area contributed by atoms with Gasteiger partial charge in [-0.3, -0.25) is 0 Å². The molecule has 0 atom stereocenters. The Hall–Kier alpha value is -1.78. The maximum Gasteiger partial charge on any atom is 0.319 e. The van der Waals surface area contributed by atoms with Crippen LogP contribution in [0.1, 0.15) is 20.8 Å². The van der Waals surface area contributed by atoms with Crippen molar-refractivity contribution in [3.05, 3.63) is 24.0 Å². The quantitative estimate of drug-likeness (QED) is 0.644. The van der Waals surface area contributed by atoms with Gasteiger partial charge in [0.1, 0.15) is 11.6 Å². The summed E-state index contributed by atoms with van der Waals surface area (Å²) in [6, 6.07) is 3.05. The smallest absolute Gasteiger partial charge is 0.319 e. The van der Waals surface area contributed by atoms with Gasteiger partial charge >= 0.3 is 6.03 Å². The van der Waals surface area contributed by atoms with Crippen LogP contribution in [0.2, 0.25) is 0 Å². The van der Waals surface area contributed by atoms with Crippen LogP contribution >= 0.6 is 0 Å². The summed E-state index contributed by atoms with van der Waals surface area (Å²) in [7, 11) is 0. The molecule has 1 aromatic rings. The molecule has 1 aromatic carbocycles. The van der Waals surface area contributed by atoms with Gasteiger partial charge in [-0.2, -0.15) is 0 Å². The second-order valence-corrected chi connectivity index (χ2v) is 4.49. The monoisotopic (exact) mass is 226 g/mol. The van der Waals surface area contributed by atoms with Crippen LogP contribution in [0.25, 0.3) is 0 Å². The molecule has 4 nitrogen and oxygen atoms in total. The van der Waals surface area contributed by atoms with E-state index >= 15 is 0 Å². The number of hydrogen-bond donors (Lipinski definition) is 3. The normalized spacial score (nSPS) is 11.0. The van der Waals surface area contributed by atoms with Crippen LogP contribution in [0.3, 0.4) is 0 Å². The van der Waals surface area contributed by atoms with Gasteiger partial charge in [0.15, 0.2) is 0 Å². The minimum atomic E-state index is -0.677. The van der Waals surface area contributed by atoms with Gasteiger partial charge in [0.05, 0.1) is 5.69 Å². The van der Waals surface area contributed by atoms with E-state index in [9.17, 15) is 9.18 Å². The molecule has 0 unspecified atom stereocenters. The topological polar surface area (TPSA) is 61.4 Å². The predicted molar refractivity (Wildman–Crippen MR) is 60.0 cm³/mol. The van der Waals surface area contributed by atoms with Crippen LogP contribution in [0, 0.1) is 5.82 Å². The molecule has 0 saturated heterocycles. The number of amides is 2. The van der Waals surface area contributed by atoms with Gasteiger partial charge < -0.3 is 15.7 Å². The molecule has 3 N–H and O–H groups in total. The highest BCUT2D eigenvalue weighted by Crippen LogP contribution is 2.19. The highest BCUT2D eigenvalue weighted by atomic mass is 19.1. The first-order chi connectivity index (χ1) is 7.28. The summed E-state index contributed by atoms with van der Waals surface area (Å²) >= 11 is 0. The fraction of sp³-hybridized carbons (Fsp3) is 0.364. The van der Waals surface area contributed by atoms with Crippen molar-refractivity contribution < 1.29 is 14.3 Å². The Balaban J connectivity index is 2.70. The van der Waals surface area contributed by atoms with E-state index < -0.39 is 17.4 Å². The summed E-state index contributed by atoms with van der Waals surface area (Å²) in [6.45, 7) is 5.46. The zero-order chi connectivity index (χ0) is 12.3. The second kappa shape index (κ2) is 4.38. The van der Waals surface area contributed by atoms with Crippen molar-refractivity contribution in [1.82, 2.24) is 5.32 Å². The maximum absolute atomic E-state index is 13.2. The van der Waals surface area contributed by atoms with E-state index in [1.807, 2.05) is 20.8 Å². The Morgan fingerprint density at radius 3 is 2.50 bits per heavy atom. The molecule has 88 valence electrons. The van der Waals surface area contributed by atoms with Crippen molar-refractivity contribution in [3.8, 4) is 5.75 Å². The first kappa shape index (κ1) is 12.3. The number of anilines is 1. The zero-order valence-electron chi connectivity index (χ0n) is 9.47. The number of urea groups is 1. The first-order valence-electron chi connectivity index (χ1n) is 4.85. The predicted octanol–water partition coefficient (Wildman–Crippen LogP) is 2.45. The number of benzene rings is 1. The van der Waals surface area contributed by atoms with Gasteiger partial charge in [-0.05, 0) is 32.9 Å². The third-order valence-electron chi connectivity index (χ3n) is 1.69. The molecule has 2 amide bonds. The molecular formula is C11H15FN2O2. The minimum Gasteiger partial charge on any atom is -0.508 e. The van der Waals surface area contributed by atoms with Crippen molar-refractivity contribution in [3.63, 3.8) is 0 Å². The summed E-state index contributed by atoms with van der Waals surface area (Å²) in [4.78, 5) is 11.4. The molecule has 1 rings (SSSR count). The highest BCUT2D eigenvalue weighted by Gasteiger charge is 2.14. The Kier molecular flexibility index (Phi) is 3.37. The number of hydrogen-bond acceptors (Lipinski definition) is 2. The number of halogens is 1. The molecular weight excluding hydrogens is 211 g/mol. The Morgan fingerprint density at radius 1 is 1.38 bits per heavy atom. The third kappa shape index (κ3) is 3.76. The highest BCUT2D eigenvalue weighted by molar-refractivity contribution is 5.89. The first-order valence-corrected chi connectivity index (χ1v) is 4.85. The molecule has 0 saturated carbocycles. The van der Waals surface area contributed by atoms with Crippen LogP contribution in [0.5, 0.6) is 5.75 Å². The van der Waals surface area contributed by atoms with Crippen molar-refractivity contribution in [1.29, 1.82) is 0 Å². The summed E-state index contributed by atoms with van der Waals surface area (Å²) in [6.07, 6.45) is 0. The van der Waals surface area contributed by atoms with Gasteiger partial charge in [-0.15, -0.1) is 0 Å². The van der Waals surface area contributed by atoms with Gasteiger partial charge in [0.25, 0.3) is 0 Å². The van der Waals surface area contributed by atoms with Gasteiger partial charge in [-0.25, -0.2) is 9.18 Å². The van der Waals surface area contributed by atoms with E-state index in [4.69, 9.17) is 5.11 Å².